The number of benzene rings is 1. The molecule has 1 unspecified atom stereocenters. The van der Waals surface area contributed by atoms with E-state index in [4.69, 9.17) is 19.6 Å². The molecule has 1 N–H and O–H groups in total. The van der Waals surface area contributed by atoms with Crippen LogP contribution in [0.3, 0.4) is 0 Å². The molecule has 2 saturated heterocycles. The fraction of sp³-hybridized carbons (Fsp3) is 0.516. The minimum Gasteiger partial charge on any atom is -0.444 e. The number of hydrogen-bond acceptors (Lipinski definition) is 9. The second-order valence-electron chi connectivity index (χ2n) is 12.8. The Morgan fingerprint density at radius 1 is 1.16 bits per heavy atom. The minimum absolute atomic E-state index is 0.155. The normalized spacial score (nSPS) is 21.1. The minimum atomic E-state index is -0.594. The third-order valence-corrected chi connectivity index (χ3v) is 7.98. The summed E-state index contributed by atoms with van der Waals surface area (Å²) < 4.78 is 30.0. The van der Waals surface area contributed by atoms with Crippen LogP contribution < -0.4 is 10.2 Å². The summed E-state index contributed by atoms with van der Waals surface area (Å²) in [6, 6.07) is 6.96. The molecule has 1 amide bonds. The first kappa shape index (κ1) is 29.6. The Hall–Kier alpha value is -4.44. The van der Waals surface area contributed by atoms with Gasteiger partial charge in [0.15, 0.2) is 23.5 Å². The molecule has 1 aromatic carbocycles. The van der Waals surface area contributed by atoms with E-state index in [1.54, 1.807) is 39.6 Å². The third kappa shape index (κ3) is 5.61. The largest absolute Gasteiger partial charge is 0.444 e. The van der Waals surface area contributed by atoms with E-state index in [9.17, 15) is 14.4 Å². The lowest BCUT2D eigenvalue weighted by Gasteiger charge is -2.44. The number of aromatic nitrogens is 5. The second-order valence-corrected chi connectivity index (χ2v) is 12.8. The summed E-state index contributed by atoms with van der Waals surface area (Å²) in [6.07, 6.45) is 3.74. The Morgan fingerprint density at radius 3 is 2.57 bits per heavy atom. The van der Waals surface area contributed by atoms with Crippen LogP contribution in [0.25, 0.3) is 21.9 Å². The molecule has 6 rings (SSSR count). The molecule has 232 valence electrons. The van der Waals surface area contributed by atoms with Crippen LogP contribution in [0.1, 0.15) is 65.7 Å². The lowest BCUT2D eigenvalue weighted by atomic mass is 10.1. The van der Waals surface area contributed by atoms with E-state index in [0.717, 1.165) is 19.3 Å². The molecule has 13 heteroatoms. The number of anilines is 3. The number of pyridine rings is 1. The standard InChI is InChI=1S/C31H38FN9O3/c1-18-15-39(16-19(2)40(18)30(42)44-31(3,4)5)24-12-20(14-33)26-28(37-41(29(26)35-24)25-9-7-8-10-43-25)34-22-11-21-17-38(6)36-27(21)23(32)13-22/h11-13,17-19,25H,7-10,15-16H2,1-6H3,(H,34,37)/t18-,19-,25?/m0/s1. The monoisotopic (exact) mass is 603 g/mol. The van der Waals surface area contributed by atoms with E-state index >= 15 is 0 Å². The first-order valence-electron chi connectivity index (χ1n) is 15.0. The Kier molecular flexibility index (Phi) is 7.57. The van der Waals surface area contributed by atoms with E-state index in [-0.39, 0.29) is 29.9 Å². The average Bonchev–Trinajstić information content (AvgIpc) is 3.51. The van der Waals surface area contributed by atoms with Crippen LogP contribution in [0.4, 0.5) is 26.5 Å². The van der Waals surface area contributed by atoms with Gasteiger partial charge in [-0.15, -0.1) is 5.10 Å². The van der Waals surface area contributed by atoms with Crippen LogP contribution in [0.15, 0.2) is 24.4 Å². The lowest BCUT2D eigenvalue weighted by Crippen LogP contribution is -2.59. The molecule has 0 radical (unpaired) electrons. The van der Waals surface area contributed by atoms with Crippen molar-refractivity contribution < 1.29 is 18.7 Å². The smallest absolute Gasteiger partial charge is 0.410 e. The van der Waals surface area contributed by atoms with Crippen molar-refractivity contribution in [2.24, 2.45) is 7.05 Å². The number of aryl methyl sites for hydroxylation is 1. The van der Waals surface area contributed by atoms with Gasteiger partial charge in [0, 0.05) is 44.0 Å². The van der Waals surface area contributed by atoms with Gasteiger partial charge in [0.25, 0.3) is 0 Å². The van der Waals surface area contributed by atoms with Crippen molar-refractivity contribution in [3.05, 3.63) is 35.8 Å². The highest BCUT2D eigenvalue weighted by atomic mass is 19.1. The molecule has 3 aromatic heterocycles. The Labute approximate surface area is 255 Å². The maximum atomic E-state index is 14.9. The number of nitriles is 1. The van der Waals surface area contributed by atoms with Crippen molar-refractivity contribution in [3.8, 4) is 6.07 Å². The fourth-order valence-electron chi connectivity index (χ4n) is 6.18. The van der Waals surface area contributed by atoms with Gasteiger partial charge in [-0.05, 0) is 72.1 Å². The number of carbonyl (C=O) groups is 1. The van der Waals surface area contributed by atoms with Crippen LogP contribution in [-0.4, -0.2) is 72.9 Å². The Balaban J connectivity index is 1.39. The maximum Gasteiger partial charge on any atom is 0.410 e. The highest BCUT2D eigenvalue weighted by Crippen LogP contribution is 2.36. The Bertz CT molecular complexity index is 1750. The van der Waals surface area contributed by atoms with Gasteiger partial charge in [-0.1, -0.05) is 0 Å². The molecule has 3 atom stereocenters. The van der Waals surface area contributed by atoms with Crippen LogP contribution in [-0.2, 0) is 16.5 Å². The summed E-state index contributed by atoms with van der Waals surface area (Å²) in [6.45, 7) is 11.2. The molecule has 0 saturated carbocycles. The van der Waals surface area contributed by atoms with E-state index in [1.807, 2.05) is 34.6 Å². The summed E-state index contributed by atoms with van der Waals surface area (Å²) in [4.78, 5) is 21.9. The van der Waals surface area contributed by atoms with Crippen LogP contribution in [0.5, 0.6) is 0 Å². The third-order valence-electron chi connectivity index (χ3n) is 7.98. The zero-order valence-electron chi connectivity index (χ0n) is 26.0. The first-order chi connectivity index (χ1) is 20.9. The second kappa shape index (κ2) is 11.2. The lowest BCUT2D eigenvalue weighted by molar-refractivity contribution is -0.0368. The first-order valence-corrected chi connectivity index (χ1v) is 15.0. The van der Waals surface area contributed by atoms with Gasteiger partial charge in [-0.25, -0.2) is 18.9 Å². The van der Waals surface area contributed by atoms with Gasteiger partial charge < -0.3 is 19.7 Å². The van der Waals surface area contributed by atoms with Crippen molar-refractivity contribution >= 4 is 45.4 Å². The molecular weight excluding hydrogens is 565 g/mol. The fourth-order valence-corrected chi connectivity index (χ4v) is 6.18. The molecule has 44 heavy (non-hydrogen) atoms. The topological polar surface area (TPSA) is 126 Å². The average molecular weight is 604 g/mol. The molecule has 2 aliphatic heterocycles. The van der Waals surface area contributed by atoms with Gasteiger partial charge in [0.1, 0.15) is 23.0 Å². The predicted molar refractivity (Wildman–Crippen MR) is 164 cm³/mol. The number of fused-ring (bicyclic) bond motifs is 2. The molecule has 2 aliphatic rings. The molecule has 0 bridgehead atoms. The number of piperazine rings is 1. The van der Waals surface area contributed by atoms with Gasteiger partial charge >= 0.3 is 6.09 Å². The summed E-state index contributed by atoms with van der Waals surface area (Å²) in [5.74, 6) is 0.548. The highest BCUT2D eigenvalue weighted by Gasteiger charge is 2.36. The van der Waals surface area contributed by atoms with E-state index in [1.165, 1.54) is 6.07 Å². The summed E-state index contributed by atoms with van der Waals surface area (Å²) in [5.41, 5.74) is 1.05. The van der Waals surface area contributed by atoms with Crippen molar-refractivity contribution in [2.75, 3.05) is 29.9 Å². The van der Waals surface area contributed by atoms with Gasteiger partial charge in [-0.3, -0.25) is 9.58 Å². The Morgan fingerprint density at radius 2 is 1.91 bits per heavy atom. The van der Waals surface area contributed by atoms with Crippen molar-refractivity contribution in [1.29, 1.82) is 5.26 Å². The quantitative estimate of drug-likeness (QED) is 0.317. The van der Waals surface area contributed by atoms with E-state index < -0.39 is 11.4 Å². The molecule has 5 heterocycles. The van der Waals surface area contributed by atoms with E-state index in [2.05, 4.69) is 21.4 Å². The zero-order valence-corrected chi connectivity index (χ0v) is 26.0. The van der Waals surface area contributed by atoms with Gasteiger partial charge in [0.2, 0.25) is 0 Å². The highest BCUT2D eigenvalue weighted by molar-refractivity contribution is 5.96. The molecule has 0 aliphatic carbocycles. The molecular formula is C31H38FN9O3. The number of halogens is 1. The number of nitrogens with zero attached hydrogens (tertiary/aromatic N) is 8. The SMILES string of the molecule is C[C@H]1CN(c2cc(C#N)c3c(Nc4cc(F)c5nn(C)cc5c4)nn(C4CCCCO4)c3n2)C[C@H](C)N1C(=O)OC(C)(C)C. The number of amides is 1. The zero-order chi connectivity index (χ0) is 31.3. The number of carbonyl (C=O) groups excluding carboxylic acids is 1. The summed E-state index contributed by atoms with van der Waals surface area (Å²) in [7, 11) is 1.74. The van der Waals surface area contributed by atoms with Crippen LogP contribution in [0, 0.1) is 17.1 Å². The summed E-state index contributed by atoms with van der Waals surface area (Å²) >= 11 is 0. The van der Waals surface area contributed by atoms with Gasteiger partial charge in [0.05, 0.1) is 23.0 Å². The molecule has 4 aromatic rings. The molecule has 0 spiro atoms. The van der Waals surface area contributed by atoms with Crippen molar-refractivity contribution in [1.82, 2.24) is 29.4 Å². The van der Waals surface area contributed by atoms with E-state index in [0.29, 0.717) is 59.0 Å². The van der Waals surface area contributed by atoms with Gasteiger partial charge in [-0.2, -0.15) is 10.4 Å². The summed E-state index contributed by atoms with van der Waals surface area (Å²) in [5, 5.41) is 23.8. The maximum absolute atomic E-state index is 14.9. The molecule has 12 nitrogen and oxygen atoms in total. The van der Waals surface area contributed by atoms with Crippen LogP contribution in [0.2, 0.25) is 0 Å². The number of ether oxygens (including phenoxy) is 2. The number of nitrogens with one attached hydrogen (secondary N) is 1. The molecule has 2 fully saturated rings. The van der Waals surface area contributed by atoms with Crippen molar-refractivity contribution in [3.63, 3.8) is 0 Å². The van der Waals surface area contributed by atoms with Crippen LogP contribution >= 0.6 is 0 Å². The number of rotatable bonds is 4. The number of hydrogen-bond donors (Lipinski definition) is 1. The predicted octanol–water partition coefficient (Wildman–Crippen LogP) is 5.61. The van der Waals surface area contributed by atoms with Crippen molar-refractivity contribution in [2.45, 2.75) is 77.8 Å².